The topological polar surface area (TPSA) is 96.0 Å². The van der Waals surface area contributed by atoms with Gasteiger partial charge in [-0.15, -0.1) is 0 Å². The number of rotatable bonds is 13. The first kappa shape index (κ1) is 30.7. The van der Waals surface area contributed by atoms with E-state index in [9.17, 15) is 18.0 Å². The Labute approximate surface area is 238 Å². The Morgan fingerprint density at radius 1 is 0.900 bits per heavy atom. The predicted octanol–water partition coefficient (Wildman–Crippen LogP) is 4.92. The molecule has 0 radical (unpaired) electrons. The number of nitrogens with zero attached hydrogens (tertiary/aromatic N) is 2. The largest absolute Gasteiger partial charge is 0.492 e. The zero-order valence-corrected chi connectivity index (χ0v) is 24.6. The van der Waals surface area contributed by atoms with Gasteiger partial charge in [0.25, 0.3) is 10.0 Å². The molecule has 0 aliphatic heterocycles. The van der Waals surface area contributed by atoms with Crippen LogP contribution in [-0.4, -0.2) is 50.4 Å². The number of sulfonamides is 1. The van der Waals surface area contributed by atoms with E-state index >= 15 is 0 Å². The number of aryl methyl sites for hydroxylation is 1. The van der Waals surface area contributed by atoms with Crippen LogP contribution >= 0.6 is 0 Å². The summed E-state index contributed by atoms with van der Waals surface area (Å²) in [5, 5.41) is 2.94. The summed E-state index contributed by atoms with van der Waals surface area (Å²) in [6, 6.07) is 21.5. The first-order valence-electron chi connectivity index (χ1n) is 13.5. The van der Waals surface area contributed by atoms with E-state index < -0.39 is 28.5 Å². The third-order valence-electron chi connectivity index (χ3n) is 6.69. The second-order valence-corrected chi connectivity index (χ2v) is 11.6. The van der Waals surface area contributed by atoms with Crippen molar-refractivity contribution in [1.82, 2.24) is 10.2 Å². The number of anilines is 1. The van der Waals surface area contributed by atoms with Crippen LogP contribution in [0.4, 0.5) is 5.69 Å². The smallest absolute Gasteiger partial charge is 0.264 e. The number of carbonyl (C=O) groups excluding carboxylic acids is 2. The van der Waals surface area contributed by atoms with Crippen molar-refractivity contribution in [3.8, 4) is 5.75 Å². The molecule has 0 aromatic heterocycles. The highest BCUT2D eigenvalue weighted by Gasteiger charge is 2.33. The lowest BCUT2D eigenvalue weighted by molar-refractivity contribution is -0.139. The maximum absolute atomic E-state index is 14.0. The van der Waals surface area contributed by atoms with E-state index in [1.807, 2.05) is 45.0 Å². The molecule has 0 saturated heterocycles. The molecule has 214 valence electrons. The minimum atomic E-state index is -4.17. The number of carbonyl (C=O) groups is 2. The normalized spacial score (nSPS) is 12.7. The van der Waals surface area contributed by atoms with Gasteiger partial charge in [0, 0.05) is 12.6 Å². The van der Waals surface area contributed by atoms with E-state index in [1.54, 1.807) is 56.3 Å². The lowest BCUT2D eigenvalue weighted by Crippen LogP contribution is -2.52. The third kappa shape index (κ3) is 7.63. The number of benzene rings is 3. The van der Waals surface area contributed by atoms with E-state index in [1.165, 1.54) is 17.0 Å². The van der Waals surface area contributed by atoms with Gasteiger partial charge in [-0.25, -0.2) is 8.42 Å². The molecule has 0 fully saturated rings. The molecule has 3 aromatic carbocycles. The molecule has 1 N–H and O–H groups in total. The molecule has 0 bridgehead atoms. The van der Waals surface area contributed by atoms with E-state index in [2.05, 4.69) is 5.32 Å². The van der Waals surface area contributed by atoms with E-state index in [0.717, 1.165) is 21.9 Å². The van der Waals surface area contributed by atoms with Crippen LogP contribution in [0.3, 0.4) is 0 Å². The fourth-order valence-corrected chi connectivity index (χ4v) is 5.56. The summed E-state index contributed by atoms with van der Waals surface area (Å²) in [6.07, 6.45) is 0.738. The molecule has 0 aliphatic rings. The predicted molar refractivity (Wildman–Crippen MR) is 158 cm³/mol. The molecule has 2 atom stereocenters. The first-order valence-corrected chi connectivity index (χ1v) is 15.0. The zero-order valence-electron chi connectivity index (χ0n) is 23.8. The summed E-state index contributed by atoms with van der Waals surface area (Å²) in [5.41, 5.74) is 2.14. The molecule has 9 heteroatoms. The second kappa shape index (κ2) is 14.0. The van der Waals surface area contributed by atoms with Gasteiger partial charge in [0.2, 0.25) is 11.8 Å². The Bertz CT molecular complexity index is 1380. The first-order chi connectivity index (χ1) is 19.1. The Morgan fingerprint density at radius 3 is 2.15 bits per heavy atom. The Balaban J connectivity index is 2.06. The van der Waals surface area contributed by atoms with Crippen molar-refractivity contribution in [3.63, 3.8) is 0 Å². The van der Waals surface area contributed by atoms with Gasteiger partial charge in [0.15, 0.2) is 0 Å². The Hall–Kier alpha value is -3.85. The molecule has 8 nitrogen and oxygen atoms in total. The highest BCUT2D eigenvalue weighted by Crippen LogP contribution is 2.32. The van der Waals surface area contributed by atoms with Crippen LogP contribution in [0.2, 0.25) is 0 Å². The number of amides is 2. The number of ether oxygens (including phenoxy) is 1. The minimum absolute atomic E-state index is 0.0433. The molecule has 0 spiro atoms. The molecular weight excluding hydrogens is 526 g/mol. The van der Waals surface area contributed by atoms with Gasteiger partial charge in [0.1, 0.15) is 18.3 Å². The van der Waals surface area contributed by atoms with Crippen LogP contribution in [-0.2, 0) is 26.2 Å². The fraction of sp³-hybridized carbons (Fsp3) is 0.355. The third-order valence-corrected chi connectivity index (χ3v) is 8.46. The molecule has 0 aliphatic carbocycles. The molecule has 3 rings (SSSR count). The van der Waals surface area contributed by atoms with E-state index in [0.29, 0.717) is 12.4 Å². The number of hydrogen-bond acceptors (Lipinski definition) is 5. The molecule has 3 aromatic rings. The molecular formula is C31H39N3O5S. The van der Waals surface area contributed by atoms with Crippen LogP contribution in [0, 0.1) is 6.92 Å². The SMILES string of the molecule is CCOc1ccccc1N(CC(=O)N(Cc1ccc(C)cc1)[C@@H](C)C(=O)N[C@H](C)CC)S(=O)(=O)c1ccccc1. The second-order valence-electron chi connectivity index (χ2n) is 9.73. The van der Waals surface area contributed by atoms with Crippen LogP contribution in [0.5, 0.6) is 5.75 Å². The summed E-state index contributed by atoms with van der Waals surface area (Å²) >= 11 is 0. The van der Waals surface area contributed by atoms with Gasteiger partial charge in [0.05, 0.1) is 17.2 Å². The van der Waals surface area contributed by atoms with Gasteiger partial charge in [-0.2, -0.15) is 0 Å². The maximum Gasteiger partial charge on any atom is 0.264 e. The van der Waals surface area contributed by atoms with Gasteiger partial charge in [-0.05, 0) is 63.9 Å². The quantitative estimate of drug-likeness (QED) is 0.317. The van der Waals surface area contributed by atoms with E-state index in [-0.39, 0.29) is 29.1 Å². The molecule has 40 heavy (non-hydrogen) atoms. The minimum Gasteiger partial charge on any atom is -0.492 e. The van der Waals surface area contributed by atoms with Crippen molar-refractivity contribution in [3.05, 3.63) is 90.0 Å². The lowest BCUT2D eigenvalue weighted by atomic mass is 10.1. The maximum atomic E-state index is 14.0. The monoisotopic (exact) mass is 565 g/mol. The Kier molecular flexibility index (Phi) is 10.7. The summed E-state index contributed by atoms with van der Waals surface area (Å²) in [7, 11) is -4.17. The van der Waals surface area contributed by atoms with Crippen LogP contribution in [0.15, 0.2) is 83.8 Å². The van der Waals surface area contributed by atoms with Crippen molar-refractivity contribution < 1.29 is 22.7 Å². The van der Waals surface area contributed by atoms with Gasteiger partial charge >= 0.3 is 0 Å². The van der Waals surface area contributed by atoms with Crippen LogP contribution in [0.1, 0.15) is 45.2 Å². The highest BCUT2D eigenvalue weighted by atomic mass is 32.2. The standard InChI is InChI=1S/C31H39N3O5S/c1-6-24(4)32-31(36)25(5)33(21-26-19-17-23(3)18-20-26)30(35)22-34(28-15-11-12-16-29(28)39-7-2)40(37,38)27-13-9-8-10-14-27/h8-20,24-25H,6-7,21-22H2,1-5H3,(H,32,36)/t24-,25+/m1/s1. The number of hydrogen-bond donors (Lipinski definition) is 1. The summed E-state index contributed by atoms with van der Waals surface area (Å²) in [5.74, 6) is -0.481. The van der Waals surface area contributed by atoms with Gasteiger partial charge < -0.3 is 15.0 Å². The summed E-state index contributed by atoms with van der Waals surface area (Å²) < 4.78 is 34.7. The Morgan fingerprint density at radius 2 is 1.52 bits per heavy atom. The average Bonchev–Trinajstić information content (AvgIpc) is 2.96. The van der Waals surface area contributed by atoms with Gasteiger partial charge in [-0.1, -0.05) is 67.1 Å². The summed E-state index contributed by atoms with van der Waals surface area (Å²) in [4.78, 5) is 28.7. The van der Waals surface area contributed by atoms with Crippen molar-refractivity contribution in [2.45, 2.75) is 64.6 Å². The lowest BCUT2D eigenvalue weighted by Gasteiger charge is -2.33. The number of nitrogens with one attached hydrogen (secondary N) is 1. The molecule has 0 unspecified atom stereocenters. The van der Waals surface area contributed by atoms with Crippen molar-refractivity contribution >= 4 is 27.5 Å². The van der Waals surface area contributed by atoms with Crippen molar-refractivity contribution in [2.75, 3.05) is 17.5 Å². The fourth-order valence-electron chi connectivity index (χ4n) is 4.11. The van der Waals surface area contributed by atoms with Crippen molar-refractivity contribution in [1.29, 1.82) is 0 Å². The molecule has 0 saturated carbocycles. The number of para-hydroxylation sites is 2. The van der Waals surface area contributed by atoms with Crippen LogP contribution < -0.4 is 14.4 Å². The van der Waals surface area contributed by atoms with Crippen LogP contribution in [0.25, 0.3) is 0 Å². The van der Waals surface area contributed by atoms with Crippen molar-refractivity contribution in [2.24, 2.45) is 0 Å². The average molecular weight is 566 g/mol. The highest BCUT2D eigenvalue weighted by molar-refractivity contribution is 7.92. The van der Waals surface area contributed by atoms with E-state index in [4.69, 9.17) is 4.74 Å². The van der Waals surface area contributed by atoms with Gasteiger partial charge in [-0.3, -0.25) is 13.9 Å². The summed E-state index contributed by atoms with van der Waals surface area (Å²) in [6.45, 7) is 9.23. The molecule has 0 heterocycles. The zero-order chi connectivity index (χ0) is 29.3. The molecule has 2 amide bonds.